The van der Waals surface area contributed by atoms with E-state index in [1.807, 2.05) is 12.1 Å². The Kier molecular flexibility index (Phi) is 7.83. The predicted molar refractivity (Wildman–Crippen MR) is 143 cm³/mol. The number of hydrogen-bond donors (Lipinski definition) is 4. The first-order valence-corrected chi connectivity index (χ1v) is 13.5. The Hall–Kier alpha value is -3.59. The van der Waals surface area contributed by atoms with Crippen LogP contribution in [-0.4, -0.2) is 60.3 Å². The number of para-hydroxylation sites is 1. The fourth-order valence-corrected chi connectivity index (χ4v) is 6.44. The summed E-state index contributed by atoms with van der Waals surface area (Å²) < 4.78 is 5.51. The molecule has 1 aliphatic carbocycles. The standard InChI is InChI=1S/C29H36N4O5/c1-38-17-25-21-14-15-33(26(21)20-6-2-4-8-23(20)31-25)28(35)22-7-3-5-9-24(22)32-27(34)19-12-10-18(11-13-19)16-30-29(36)37/h2,4,6,8,10-13,21-22,24-26,30-31H,3,5,7,9,14-17H2,1H3,(H,32,34)(H,36,37)/t21-,22+,24-,25+,26+/m1/s1. The van der Waals surface area contributed by atoms with Crippen molar-refractivity contribution < 1.29 is 24.2 Å². The summed E-state index contributed by atoms with van der Waals surface area (Å²) in [5.74, 6) is -0.0578. The van der Waals surface area contributed by atoms with Gasteiger partial charge in [-0.1, -0.05) is 43.2 Å². The number of rotatable bonds is 7. The second kappa shape index (κ2) is 11.4. The third-order valence-electron chi connectivity index (χ3n) is 8.27. The Bertz CT molecular complexity index is 1170. The van der Waals surface area contributed by atoms with Crippen LogP contribution in [0.3, 0.4) is 0 Å². The summed E-state index contributed by atoms with van der Waals surface area (Å²) in [6, 6.07) is 15.0. The van der Waals surface area contributed by atoms with Crippen LogP contribution in [0.25, 0.3) is 0 Å². The zero-order chi connectivity index (χ0) is 26.6. The average molecular weight is 521 g/mol. The van der Waals surface area contributed by atoms with Crippen molar-refractivity contribution in [1.82, 2.24) is 15.5 Å². The minimum Gasteiger partial charge on any atom is -0.465 e. The summed E-state index contributed by atoms with van der Waals surface area (Å²) in [5, 5.41) is 17.9. The molecule has 0 unspecified atom stereocenters. The van der Waals surface area contributed by atoms with Crippen molar-refractivity contribution in [3.8, 4) is 0 Å². The molecule has 5 atom stereocenters. The number of carbonyl (C=O) groups is 3. The number of methoxy groups -OCH3 is 1. The molecular formula is C29H36N4O5. The second-order valence-corrected chi connectivity index (χ2v) is 10.5. The maximum absolute atomic E-state index is 14.1. The molecule has 0 bridgehead atoms. The lowest BCUT2D eigenvalue weighted by molar-refractivity contribution is -0.139. The number of likely N-dealkylation sites (tertiary alicyclic amines) is 1. The minimum absolute atomic E-state index is 0.00494. The first kappa shape index (κ1) is 26.0. The van der Waals surface area contributed by atoms with Crippen molar-refractivity contribution in [2.75, 3.05) is 25.6 Å². The lowest BCUT2D eigenvalue weighted by Gasteiger charge is -2.41. The summed E-state index contributed by atoms with van der Waals surface area (Å²) in [7, 11) is 1.71. The molecule has 2 heterocycles. The number of nitrogens with zero attached hydrogens (tertiary/aromatic N) is 1. The maximum Gasteiger partial charge on any atom is 0.404 e. The third-order valence-corrected chi connectivity index (χ3v) is 8.27. The second-order valence-electron chi connectivity index (χ2n) is 10.5. The quantitative estimate of drug-likeness (QED) is 0.441. The van der Waals surface area contributed by atoms with E-state index in [-0.39, 0.29) is 48.3 Å². The highest BCUT2D eigenvalue weighted by Gasteiger charge is 2.48. The number of anilines is 1. The number of carboxylic acid groups (broad SMARTS) is 1. The van der Waals surface area contributed by atoms with Crippen LogP contribution in [0, 0.1) is 11.8 Å². The summed E-state index contributed by atoms with van der Waals surface area (Å²) in [6.07, 6.45) is 3.31. The van der Waals surface area contributed by atoms with E-state index in [9.17, 15) is 14.4 Å². The zero-order valence-corrected chi connectivity index (χ0v) is 21.7. The van der Waals surface area contributed by atoms with E-state index in [0.717, 1.165) is 48.9 Å². The Morgan fingerprint density at radius 2 is 1.82 bits per heavy atom. The van der Waals surface area contributed by atoms with E-state index >= 15 is 0 Å². The van der Waals surface area contributed by atoms with Crippen LogP contribution < -0.4 is 16.0 Å². The lowest BCUT2D eigenvalue weighted by atomic mass is 9.81. The molecule has 0 radical (unpaired) electrons. The molecule has 2 aromatic carbocycles. The maximum atomic E-state index is 14.1. The van der Waals surface area contributed by atoms with Gasteiger partial charge in [-0.3, -0.25) is 9.59 Å². The summed E-state index contributed by atoms with van der Waals surface area (Å²) >= 11 is 0. The summed E-state index contributed by atoms with van der Waals surface area (Å²) in [5.41, 5.74) is 3.49. The van der Waals surface area contributed by atoms with Crippen LogP contribution in [-0.2, 0) is 16.1 Å². The fourth-order valence-electron chi connectivity index (χ4n) is 6.44. The van der Waals surface area contributed by atoms with E-state index in [2.05, 4.69) is 33.0 Å². The molecule has 38 heavy (non-hydrogen) atoms. The molecule has 0 aromatic heterocycles. The first-order chi connectivity index (χ1) is 18.5. The number of hydrogen-bond acceptors (Lipinski definition) is 5. The van der Waals surface area contributed by atoms with Gasteiger partial charge < -0.3 is 30.7 Å². The highest BCUT2D eigenvalue weighted by molar-refractivity contribution is 5.95. The number of fused-ring (bicyclic) bond motifs is 3. The number of carbonyl (C=O) groups excluding carboxylic acids is 2. The topological polar surface area (TPSA) is 120 Å². The molecule has 2 fully saturated rings. The first-order valence-electron chi connectivity index (χ1n) is 13.5. The van der Waals surface area contributed by atoms with Gasteiger partial charge in [-0.2, -0.15) is 0 Å². The molecule has 1 saturated heterocycles. The van der Waals surface area contributed by atoms with Crippen molar-refractivity contribution in [1.29, 1.82) is 0 Å². The molecule has 9 nitrogen and oxygen atoms in total. The molecule has 2 aromatic rings. The van der Waals surface area contributed by atoms with Crippen molar-refractivity contribution in [3.05, 3.63) is 65.2 Å². The van der Waals surface area contributed by atoms with Gasteiger partial charge in [0.05, 0.1) is 24.6 Å². The molecule has 0 spiro atoms. The highest BCUT2D eigenvalue weighted by atomic mass is 16.5. The summed E-state index contributed by atoms with van der Waals surface area (Å²) in [4.78, 5) is 40.0. The monoisotopic (exact) mass is 520 g/mol. The van der Waals surface area contributed by atoms with Gasteiger partial charge in [-0.15, -0.1) is 0 Å². The van der Waals surface area contributed by atoms with Crippen LogP contribution in [0.4, 0.5) is 10.5 Å². The van der Waals surface area contributed by atoms with E-state index in [1.54, 1.807) is 31.4 Å². The van der Waals surface area contributed by atoms with Crippen LogP contribution in [0.15, 0.2) is 48.5 Å². The fraction of sp³-hybridized carbons (Fsp3) is 0.483. The number of benzene rings is 2. The molecule has 3 amide bonds. The lowest BCUT2D eigenvalue weighted by Crippen LogP contribution is -2.50. The largest absolute Gasteiger partial charge is 0.465 e. The molecule has 3 aliphatic rings. The van der Waals surface area contributed by atoms with Crippen molar-refractivity contribution in [3.63, 3.8) is 0 Å². The Balaban J connectivity index is 1.31. The Morgan fingerprint density at radius 3 is 2.58 bits per heavy atom. The van der Waals surface area contributed by atoms with Gasteiger partial charge in [0, 0.05) is 43.4 Å². The number of ether oxygens (including phenoxy) is 1. The summed E-state index contributed by atoms with van der Waals surface area (Å²) in [6.45, 7) is 1.47. The normalized spacial score (nSPS) is 26.0. The SMILES string of the molecule is COC[C@@H]1Nc2ccccc2[C@H]2[C@@H]1CCN2C(=O)[C@H]1CCCC[C@H]1NC(=O)c1ccc(CNC(=O)O)cc1. The molecule has 1 saturated carbocycles. The minimum atomic E-state index is -1.09. The van der Waals surface area contributed by atoms with Crippen molar-refractivity contribution >= 4 is 23.6 Å². The Morgan fingerprint density at radius 1 is 1.05 bits per heavy atom. The molecule has 202 valence electrons. The van der Waals surface area contributed by atoms with Gasteiger partial charge in [-0.05, 0) is 48.6 Å². The van der Waals surface area contributed by atoms with Gasteiger partial charge in [0.15, 0.2) is 0 Å². The van der Waals surface area contributed by atoms with Gasteiger partial charge in [-0.25, -0.2) is 4.79 Å². The van der Waals surface area contributed by atoms with Crippen molar-refractivity contribution in [2.24, 2.45) is 11.8 Å². The van der Waals surface area contributed by atoms with E-state index in [1.165, 1.54) is 0 Å². The van der Waals surface area contributed by atoms with E-state index < -0.39 is 6.09 Å². The average Bonchev–Trinajstić information content (AvgIpc) is 3.38. The number of nitrogens with one attached hydrogen (secondary N) is 3. The predicted octanol–water partition coefficient (Wildman–Crippen LogP) is 3.77. The van der Waals surface area contributed by atoms with Gasteiger partial charge in [0.1, 0.15) is 0 Å². The van der Waals surface area contributed by atoms with Gasteiger partial charge in [0.25, 0.3) is 5.91 Å². The van der Waals surface area contributed by atoms with Gasteiger partial charge >= 0.3 is 6.09 Å². The molecule has 2 aliphatic heterocycles. The molecule has 9 heteroatoms. The zero-order valence-electron chi connectivity index (χ0n) is 21.7. The smallest absolute Gasteiger partial charge is 0.404 e. The van der Waals surface area contributed by atoms with Crippen LogP contribution in [0.1, 0.15) is 59.6 Å². The third kappa shape index (κ3) is 5.34. The highest BCUT2D eigenvalue weighted by Crippen LogP contribution is 2.47. The van der Waals surface area contributed by atoms with Crippen LogP contribution in [0.5, 0.6) is 0 Å². The van der Waals surface area contributed by atoms with E-state index in [0.29, 0.717) is 18.7 Å². The Labute approximate surface area is 222 Å². The van der Waals surface area contributed by atoms with Crippen LogP contribution >= 0.6 is 0 Å². The van der Waals surface area contributed by atoms with Crippen molar-refractivity contribution in [2.45, 2.75) is 56.8 Å². The number of amides is 3. The molecule has 4 N–H and O–H groups in total. The van der Waals surface area contributed by atoms with Crippen LogP contribution in [0.2, 0.25) is 0 Å². The molecular weight excluding hydrogens is 484 g/mol. The molecule has 5 rings (SSSR count). The van der Waals surface area contributed by atoms with Gasteiger partial charge in [0.2, 0.25) is 5.91 Å². The van der Waals surface area contributed by atoms with E-state index in [4.69, 9.17) is 9.84 Å².